The van der Waals surface area contributed by atoms with Crippen molar-refractivity contribution in [3.8, 4) is 0 Å². The van der Waals surface area contributed by atoms with Gasteiger partial charge in [-0.3, -0.25) is 0 Å². The molecular weight excluding hydrogens is 262 g/mol. The molecule has 0 fully saturated rings. The fourth-order valence-electron chi connectivity index (χ4n) is 2.25. The average Bonchev–Trinajstić information content (AvgIpc) is 2.80. The Hall–Kier alpha value is -2.10. The van der Waals surface area contributed by atoms with Gasteiger partial charge in [-0.2, -0.15) is 0 Å². The van der Waals surface area contributed by atoms with E-state index in [9.17, 15) is 0 Å². The van der Waals surface area contributed by atoms with Crippen molar-refractivity contribution in [2.45, 2.75) is 40.2 Å². The number of hydrogen-bond acceptors (Lipinski definition) is 3. The van der Waals surface area contributed by atoms with E-state index in [1.54, 1.807) is 0 Å². The van der Waals surface area contributed by atoms with Crippen LogP contribution in [0.2, 0.25) is 0 Å². The highest BCUT2D eigenvalue weighted by atomic mass is 16.6. The SMILES string of the molecule is CCO/N=C/CC/C(C)=C/Cn1c(C)nc2ccccc21. The van der Waals surface area contributed by atoms with Crippen LogP contribution in [0.25, 0.3) is 11.0 Å². The lowest BCUT2D eigenvalue weighted by Crippen LogP contribution is -1.98. The molecular formula is C17H23N3O. The quantitative estimate of drug-likeness (QED) is 0.436. The van der Waals surface area contributed by atoms with Crippen molar-refractivity contribution in [1.29, 1.82) is 0 Å². The van der Waals surface area contributed by atoms with Crippen LogP contribution < -0.4 is 0 Å². The summed E-state index contributed by atoms with van der Waals surface area (Å²) >= 11 is 0. The smallest absolute Gasteiger partial charge is 0.114 e. The van der Waals surface area contributed by atoms with Gasteiger partial charge in [0.15, 0.2) is 0 Å². The Balaban J connectivity index is 1.97. The molecule has 2 rings (SSSR count). The fourth-order valence-corrected chi connectivity index (χ4v) is 2.25. The minimum absolute atomic E-state index is 0.623. The van der Waals surface area contributed by atoms with E-state index in [1.807, 2.05) is 19.2 Å². The van der Waals surface area contributed by atoms with Gasteiger partial charge < -0.3 is 9.40 Å². The van der Waals surface area contributed by atoms with Gasteiger partial charge in [0.1, 0.15) is 12.4 Å². The van der Waals surface area contributed by atoms with Crippen molar-refractivity contribution in [1.82, 2.24) is 9.55 Å². The van der Waals surface area contributed by atoms with Crippen LogP contribution in [0.4, 0.5) is 0 Å². The third-order valence-electron chi connectivity index (χ3n) is 3.41. The van der Waals surface area contributed by atoms with Gasteiger partial charge in [0.2, 0.25) is 0 Å². The van der Waals surface area contributed by atoms with Crippen LogP contribution in [0.15, 0.2) is 41.1 Å². The molecule has 4 nitrogen and oxygen atoms in total. The first kappa shape index (κ1) is 15.3. The molecule has 0 saturated carbocycles. The van der Waals surface area contributed by atoms with Gasteiger partial charge in [0, 0.05) is 12.8 Å². The van der Waals surface area contributed by atoms with Gasteiger partial charge in [-0.15, -0.1) is 0 Å². The van der Waals surface area contributed by atoms with E-state index in [0.717, 1.165) is 30.7 Å². The molecule has 0 aliphatic carbocycles. The zero-order valence-electron chi connectivity index (χ0n) is 13.0. The van der Waals surface area contributed by atoms with Crippen LogP contribution in [0.5, 0.6) is 0 Å². The Bertz CT molecular complexity index is 641. The lowest BCUT2D eigenvalue weighted by Gasteiger charge is -2.04. The van der Waals surface area contributed by atoms with E-state index in [-0.39, 0.29) is 0 Å². The normalized spacial score (nSPS) is 12.4. The van der Waals surface area contributed by atoms with Crippen LogP contribution >= 0.6 is 0 Å². The Kier molecular flexibility index (Phi) is 5.55. The molecule has 0 unspecified atom stereocenters. The van der Waals surface area contributed by atoms with Gasteiger partial charge in [0.05, 0.1) is 11.0 Å². The molecule has 21 heavy (non-hydrogen) atoms. The van der Waals surface area contributed by atoms with E-state index in [1.165, 1.54) is 11.1 Å². The Morgan fingerprint density at radius 1 is 1.38 bits per heavy atom. The Labute approximate surface area is 126 Å². The van der Waals surface area contributed by atoms with E-state index in [0.29, 0.717) is 6.61 Å². The molecule has 1 aromatic heterocycles. The number of benzene rings is 1. The number of rotatable bonds is 7. The molecule has 0 N–H and O–H groups in total. The van der Waals surface area contributed by atoms with Crippen molar-refractivity contribution < 1.29 is 4.84 Å². The maximum absolute atomic E-state index is 4.94. The highest BCUT2D eigenvalue weighted by Gasteiger charge is 2.04. The lowest BCUT2D eigenvalue weighted by molar-refractivity contribution is 0.160. The van der Waals surface area contributed by atoms with Crippen molar-refractivity contribution in [3.05, 3.63) is 41.7 Å². The largest absolute Gasteiger partial charge is 0.396 e. The highest BCUT2D eigenvalue weighted by Crippen LogP contribution is 2.16. The molecule has 0 amide bonds. The van der Waals surface area contributed by atoms with Gasteiger partial charge >= 0.3 is 0 Å². The topological polar surface area (TPSA) is 39.4 Å². The fraction of sp³-hybridized carbons (Fsp3) is 0.412. The van der Waals surface area contributed by atoms with E-state index in [2.05, 4.69) is 52.8 Å². The predicted molar refractivity (Wildman–Crippen MR) is 87.6 cm³/mol. The second kappa shape index (κ2) is 7.62. The summed E-state index contributed by atoms with van der Waals surface area (Å²) in [5.74, 6) is 1.05. The molecule has 0 aliphatic heterocycles. The number of imidazole rings is 1. The van der Waals surface area contributed by atoms with Gasteiger partial charge in [-0.1, -0.05) is 28.9 Å². The van der Waals surface area contributed by atoms with Gasteiger partial charge in [-0.05, 0) is 45.7 Å². The molecule has 2 aromatic rings. The third-order valence-corrected chi connectivity index (χ3v) is 3.41. The van der Waals surface area contributed by atoms with Gasteiger partial charge in [0.25, 0.3) is 0 Å². The van der Waals surface area contributed by atoms with E-state index >= 15 is 0 Å². The number of oxime groups is 1. The predicted octanol–water partition coefficient (Wildman–Crippen LogP) is 4.09. The number of aromatic nitrogens is 2. The van der Waals surface area contributed by atoms with Crippen LogP contribution in [-0.4, -0.2) is 22.4 Å². The summed E-state index contributed by atoms with van der Waals surface area (Å²) in [7, 11) is 0. The van der Waals surface area contributed by atoms with E-state index < -0.39 is 0 Å². The van der Waals surface area contributed by atoms with Crippen LogP contribution in [-0.2, 0) is 11.4 Å². The maximum atomic E-state index is 4.94. The van der Waals surface area contributed by atoms with Crippen molar-refractivity contribution in [2.75, 3.05) is 6.61 Å². The van der Waals surface area contributed by atoms with Crippen LogP contribution in [0.3, 0.4) is 0 Å². The number of fused-ring (bicyclic) bond motifs is 1. The molecule has 0 spiro atoms. The van der Waals surface area contributed by atoms with Crippen molar-refractivity contribution in [2.24, 2.45) is 5.16 Å². The zero-order valence-corrected chi connectivity index (χ0v) is 13.0. The summed E-state index contributed by atoms with van der Waals surface area (Å²) in [6, 6.07) is 8.26. The van der Waals surface area contributed by atoms with Crippen LogP contribution in [0, 0.1) is 6.92 Å². The number of nitrogens with zero attached hydrogens (tertiary/aromatic N) is 3. The lowest BCUT2D eigenvalue weighted by atomic mass is 10.1. The molecule has 0 atom stereocenters. The first-order valence-electron chi connectivity index (χ1n) is 7.43. The minimum atomic E-state index is 0.623. The first-order valence-corrected chi connectivity index (χ1v) is 7.43. The summed E-state index contributed by atoms with van der Waals surface area (Å²) in [4.78, 5) is 9.52. The summed E-state index contributed by atoms with van der Waals surface area (Å²) in [5, 5.41) is 3.86. The second-order valence-corrected chi connectivity index (χ2v) is 5.05. The Morgan fingerprint density at radius 2 is 2.19 bits per heavy atom. The maximum Gasteiger partial charge on any atom is 0.114 e. The number of hydrogen-bond donors (Lipinski definition) is 0. The van der Waals surface area contributed by atoms with Crippen molar-refractivity contribution in [3.63, 3.8) is 0 Å². The highest BCUT2D eigenvalue weighted by molar-refractivity contribution is 5.75. The number of para-hydroxylation sites is 2. The zero-order chi connectivity index (χ0) is 15.1. The minimum Gasteiger partial charge on any atom is -0.396 e. The first-order chi connectivity index (χ1) is 10.2. The molecule has 0 bridgehead atoms. The molecule has 0 radical (unpaired) electrons. The monoisotopic (exact) mass is 285 g/mol. The third kappa shape index (κ3) is 4.18. The summed E-state index contributed by atoms with van der Waals surface area (Å²) in [5.41, 5.74) is 3.61. The number of allylic oxidation sites excluding steroid dienone is 2. The summed E-state index contributed by atoms with van der Waals surface area (Å²) in [6.45, 7) is 7.63. The second-order valence-electron chi connectivity index (χ2n) is 5.05. The summed E-state index contributed by atoms with van der Waals surface area (Å²) in [6.07, 6.45) is 6.00. The molecule has 4 heteroatoms. The standard InChI is InChI=1S/C17H23N3O/c1-4-21-18-12-7-8-14(2)11-13-20-15(3)19-16-9-5-6-10-17(16)20/h5-6,9-12H,4,7-8,13H2,1-3H3/b14-11+,18-12+. The summed E-state index contributed by atoms with van der Waals surface area (Å²) < 4.78 is 2.24. The van der Waals surface area contributed by atoms with Crippen LogP contribution in [0.1, 0.15) is 32.5 Å². The number of aryl methyl sites for hydroxylation is 1. The average molecular weight is 285 g/mol. The Morgan fingerprint density at radius 3 is 3.00 bits per heavy atom. The van der Waals surface area contributed by atoms with E-state index in [4.69, 9.17) is 4.84 Å². The molecule has 112 valence electrons. The van der Waals surface area contributed by atoms with Gasteiger partial charge in [-0.25, -0.2) is 4.98 Å². The molecule has 1 heterocycles. The molecule has 0 aliphatic rings. The van der Waals surface area contributed by atoms with Crippen molar-refractivity contribution >= 4 is 17.2 Å². The molecule has 0 saturated heterocycles. The molecule has 1 aromatic carbocycles.